The van der Waals surface area contributed by atoms with E-state index in [1.165, 1.54) is 12.8 Å². The molecule has 0 amide bonds. The van der Waals surface area contributed by atoms with Crippen molar-refractivity contribution in [2.75, 3.05) is 5.73 Å². The lowest BCUT2D eigenvalue weighted by atomic mass is 10.2. The molecular formula is C12H15N. The Morgan fingerprint density at radius 2 is 2.23 bits per heavy atom. The van der Waals surface area contributed by atoms with E-state index >= 15 is 0 Å². The third-order valence-corrected chi connectivity index (χ3v) is 1.77. The van der Waals surface area contributed by atoms with Crippen LogP contribution in [0.3, 0.4) is 0 Å². The normalized spacial score (nSPS) is 9.00. The van der Waals surface area contributed by atoms with Crippen molar-refractivity contribution in [3.63, 3.8) is 0 Å². The van der Waals surface area contributed by atoms with Crippen LogP contribution in [0, 0.1) is 11.8 Å². The fourth-order valence-electron chi connectivity index (χ4n) is 1.05. The van der Waals surface area contributed by atoms with Crippen LogP contribution in [0.5, 0.6) is 0 Å². The van der Waals surface area contributed by atoms with Gasteiger partial charge in [-0.1, -0.05) is 31.3 Å². The minimum absolute atomic E-state index is 0.780. The summed E-state index contributed by atoms with van der Waals surface area (Å²) in [7, 11) is 0. The zero-order valence-corrected chi connectivity index (χ0v) is 8.01. The molecule has 1 aromatic rings. The average Bonchev–Trinajstić information content (AvgIpc) is 2.13. The molecule has 0 heterocycles. The van der Waals surface area contributed by atoms with Crippen LogP contribution in [0.1, 0.15) is 31.7 Å². The Labute approximate surface area is 80.0 Å². The molecule has 0 bridgehead atoms. The number of hydrogen-bond donors (Lipinski definition) is 1. The molecule has 1 nitrogen and oxygen atoms in total. The highest BCUT2D eigenvalue weighted by atomic mass is 14.5. The Kier molecular flexibility index (Phi) is 3.92. The van der Waals surface area contributed by atoms with Crippen molar-refractivity contribution in [2.45, 2.75) is 26.2 Å². The second-order valence-corrected chi connectivity index (χ2v) is 3.03. The Balaban J connectivity index is 2.56. The minimum Gasteiger partial charge on any atom is -0.399 e. The predicted octanol–water partition coefficient (Wildman–Crippen LogP) is 2.81. The number of benzene rings is 1. The molecule has 1 heteroatoms. The monoisotopic (exact) mass is 173 g/mol. The zero-order valence-electron chi connectivity index (χ0n) is 8.01. The van der Waals surface area contributed by atoms with Crippen molar-refractivity contribution < 1.29 is 0 Å². The van der Waals surface area contributed by atoms with E-state index < -0.39 is 0 Å². The van der Waals surface area contributed by atoms with Crippen molar-refractivity contribution in [3.05, 3.63) is 29.8 Å². The molecule has 0 unspecified atom stereocenters. The maximum Gasteiger partial charge on any atom is 0.0326 e. The van der Waals surface area contributed by atoms with Crippen LogP contribution in [0.25, 0.3) is 0 Å². The second kappa shape index (κ2) is 5.27. The van der Waals surface area contributed by atoms with E-state index in [9.17, 15) is 0 Å². The number of hydrogen-bond acceptors (Lipinski definition) is 1. The Morgan fingerprint density at radius 3 is 2.92 bits per heavy atom. The number of anilines is 1. The number of nitrogens with two attached hydrogens (primary N) is 1. The molecule has 68 valence electrons. The fraction of sp³-hybridized carbons (Fsp3) is 0.333. The molecule has 2 N–H and O–H groups in total. The molecular weight excluding hydrogens is 158 g/mol. The van der Waals surface area contributed by atoms with Gasteiger partial charge in [-0.2, -0.15) is 0 Å². The maximum absolute atomic E-state index is 5.62. The molecule has 0 aliphatic carbocycles. The van der Waals surface area contributed by atoms with Gasteiger partial charge in [0.2, 0.25) is 0 Å². The Bertz CT molecular complexity index is 317. The Morgan fingerprint density at radius 1 is 1.38 bits per heavy atom. The summed E-state index contributed by atoms with van der Waals surface area (Å²) >= 11 is 0. The third-order valence-electron chi connectivity index (χ3n) is 1.77. The first kappa shape index (κ1) is 9.67. The molecule has 0 fully saturated rings. The number of rotatable bonds is 2. The van der Waals surface area contributed by atoms with Crippen molar-refractivity contribution in [3.8, 4) is 11.8 Å². The average molecular weight is 173 g/mol. The molecule has 0 aliphatic heterocycles. The standard InChI is InChI=1S/C12H15N/c1-2-3-4-5-7-11-8-6-9-12(13)10-11/h6,8-10H,2-4,13H2,1H3. The minimum atomic E-state index is 0.780. The molecule has 0 saturated carbocycles. The first-order chi connectivity index (χ1) is 6.33. The Hall–Kier alpha value is -1.42. The lowest BCUT2D eigenvalue weighted by Crippen LogP contribution is -1.84. The smallest absolute Gasteiger partial charge is 0.0326 e. The van der Waals surface area contributed by atoms with E-state index in [1.54, 1.807) is 0 Å². The van der Waals surface area contributed by atoms with Crippen molar-refractivity contribution in [1.82, 2.24) is 0 Å². The summed E-state index contributed by atoms with van der Waals surface area (Å²) < 4.78 is 0. The summed E-state index contributed by atoms with van der Waals surface area (Å²) in [6.45, 7) is 2.17. The van der Waals surface area contributed by atoms with Gasteiger partial charge in [0.1, 0.15) is 0 Å². The van der Waals surface area contributed by atoms with Crippen LogP contribution in [0.4, 0.5) is 5.69 Å². The summed E-state index contributed by atoms with van der Waals surface area (Å²) in [6.07, 6.45) is 3.35. The van der Waals surface area contributed by atoms with Gasteiger partial charge in [0.25, 0.3) is 0 Å². The second-order valence-electron chi connectivity index (χ2n) is 3.03. The van der Waals surface area contributed by atoms with Gasteiger partial charge in [0, 0.05) is 17.7 Å². The van der Waals surface area contributed by atoms with E-state index in [2.05, 4.69) is 18.8 Å². The van der Waals surface area contributed by atoms with Gasteiger partial charge in [-0.05, 0) is 24.6 Å². The summed E-state index contributed by atoms with van der Waals surface area (Å²) in [5, 5.41) is 0. The first-order valence-electron chi connectivity index (χ1n) is 4.67. The van der Waals surface area contributed by atoms with E-state index in [0.717, 1.165) is 17.7 Å². The number of nitrogen functional groups attached to an aromatic ring is 1. The van der Waals surface area contributed by atoms with Crippen molar-refractivity contribution >= 4 is 5.69 Å². The van der Waals surface area contributed by atoms with E-state index in [1.807, 2.05) is 24.3 Å². The summed E-state index contributed by atoms with van der Waals surface area (Å²) in [6, 6.07) is 7.69. The molecule has 13 heavy (non-hydrogen) atoms. The van der Waals surface area contributed by atoms with Gasteiger partial charge >= 0.3 is 0 Å². The van der Waals surface area contributed by atoms with Gasteiger partial charge < -0.3 is 5.73 Å². The van der Waals surface area contributed by atoms with Crippen LogP contribution in [-0.4, -0.2) is 0 Å². The van der Waals surface area contributed by atoms with Gasteiger partial charge in [-0.25, -0.2) is 0 Å². The van der Waals surface area contributed by atoms with Crippen LogP contribution < -0.4 is 5.73 Å². The molecule has 0 aromatic heterocycles. The van der Waals surface area contributed by atoms with E-state index in [-0.39, 0.29) is 0 Å². The van der Waals surface area contributed by atoms with Crippen LogP contribution in [0.15, 0.2) is 24.3 Å². The SMILES string of the molecule is CCCCC#Cc1cccc(N)c1. The molecule has 0 spiro atoms. The van der Waals surface area contributed by atoms with Gasteiger partial charge in [-0.3, -0.25) is 0 Å². The van der Waals surface area contributed by atoms with Crippen LogP contribution >= 0.6 is 0 Å². The van der Waals surface area contributed by atoms with Crippen molar-refractivity contribution in [1.29, 1.82) is 0 Å². The summed E-state index contributed by atoms with van der Waals surface area (Å²) in [5.41, 5.74) is 7.41. The molecule has 1 rings (SSSR count). The molecule has 0 radical (unpaired) electrons. The van der Waals surface area contributed by atoms with E-state index in [0.29, 0.717) is 0 Å². The summed E-state index contributed by atoms with van der Waals surface area (Å²) in [4.78, 5) is 0. The van der Waals surface area contributed by atoms with Gasteiger partial charge in [0.05, 0.1) is 0 Å². The lowest BCUT2D eigenvalue weighted by Gasteiger charge is -1.92. The van der Waals surface area contributed by atoms with Crippen LogP contribution in [-0.2, 0) is 0 Å². The fourth-order valence-corrected chi connectivity index (χ4v) is 1.05. The molecule has 0 saturated heterocycles. The van der Waals surface area contributed by atoms with Gasteiger partial charge in [0.15, 0.2) is 0 Å². The van der Waals surface area contributed by atoms with Gasteiger partial charge in [-0.15, -0.1) is 0 Å². The number of unbranched alkanes of at least 4 members (excludes halogenated alkanes) is 2. The third kappa shape index (κ3) is 3.66. The highest BCUT2D eigenvalue weighted by Crippen LogP contribution is 2.04. The van der Waals surface area contributed by atoms with E-state index in [4.69, 9.17) is 5.73 Å². The zero-order chi connectivity index (χ0) is 9.52. The summed E-state index contributed by atoms with van der Waals surface area (Å²) in [5.74, 6) is 6.21. The molecule has 0 aliphatic rings. The highest BCUT2D eigenvalue weighted by molar-refractivity contribution is 5.46. The predicted molar refractivity (Wildman–Crippen MR) is 57.3 cm³/mol. The van der Waals surface area contributed by atoms with Crippen LogP contribution in [0.2, 0.25) is 0 Å². The topological polar surface area (TPSA) is 26.0 Å². The molecule has 1 aromatic carbocycles. The lowest BCUT2D eigenvalue weighted by molar-refractivity contribution is 0.828. The highest BCUT2D eigenvalue weighted by Gasteiger charge is 1.86. The quantitative estimate of drug-likeness (QED) is 0.415. The van der Waals surface area contributed by atoms with Crippen molar-refractivity contribution in [2.24, 2.45) is 0 Å². The maximum atomic E-state index is 5.62. The largest absolute Gasteiger partial charge is 0.399 e. The molecule has 0 atom stereocenters. The first-order valence-corrected chi connectivity index (χ1v) is 4.67.